The number of nitrogens with zero attached hydrogens (tertiary/aromatic N) is 1. The summed E-state index contributed by atoms with van der Waals surface area (Å²) in [5.74, 6) is 2.27. The van der Waals surface area contributed by atoms with Crippen LogP contribution >= 0.6 is 23.8 Å². The molecule has 3 rings (SSSR count). The minimum atomic E-state index is 0.364. The Hall–Kier alpha value is -3.29. The Morgan fingerprint density at radius 3 is 2.30 bits per heavy atom. The molecule has 37 heavy (non-hydrogen) atoms. The van der Waals surface area contributed by atoms with E-state index < -0.39 is 0 Å². The highest BCUT2D eigenvalue weighted by Gasteiger charge is 2.04. The van der Waals surface area contributed by atoms with Gasteiger partial charge in [0, 0.05) is 17.1 Å². The highest BCUT2D eigenvalue weighted by atomic mass is 35.5. The van der Waals surface area contributed by atoms with Crippen LogP contribution in [0.3, 0.4) is 0 Å². The number of rotatable bonds is 15. The average molecular weight is 540 g/mol. The lowest BCUT2D eigenvalue weighted by Crippen LogP contribution is -2.31. The van der Waals surface area contributed by atoms with Crippen molar-refractivity contribution in [3.63, 3.8) is 0 Å². The van der Waals surface area contributed by atoms with Crippen LogP contribution < -0.4 is 25.0 Å². The first-order chi connectivity index (χ1) is 18.1. The van der Waals surface area contributed by atoms with Crippen molar-refractivity contribution in [3.05, 3.63) is 88.9 Å². The van der Waals surface area contributed by atoms with Crippen LogP contribution in [0.4, 0.5) is 0 Å². The fourth-order valence-corrected chi connectivity index (χ4v) is 3.70. The van der Waals surface area contributed by atoms with Gasteiger partial charge >= 0.3 is 0 Å². The Kier molecular flexibility index (Phi) is 12.6. The van der Waals surface area contributed by atoms with E-state index in [2.05, 4.69) is 22.8 Å². The van der Waals surface area contributed by atoms with Crippen molar-refractivity contribution < 1.29 is 14.2 Å². The van der Waals surface area contributed by atoms with Crippen LogP contribution in [0, 0.1) is 0 Å². The maximum atomic E-state index is 6.17. The van der Waals surface area contributed by atoms with E-state index in [-0.39, 0.29) is 0 Å². The highest BCUT2D eigenvalue weighted by molar-refractivity contribution is 7.80. The lowest BCUT2D eigenvalue weighted by atomic mass is 10.2. The van der Waals surface area contributed by atoms with E-state index in [9.17, 15) is 0 Å². The Morgan fingerprint density at radius 1 is 0.865 bits per heavy atom. The molecular formula is C29H34ClN3O3S. The number of hydrazone groups is 1. The van der Waals surface area contributed by atoms with Gasteiger partial charge in [-0.05, 0) is 66.7 Å². The lowest BCUT2D eigenvalue weighted by Gasteiger charge is -2.12. The van der Waals surface area contributed by atoms with Gasteiger partial charge in [0.25, 0.3) is 0 Å². The van der Waals surface area contributed by atoms with Gasteiger partial charge in [-0.15, -0.1) is 0 Å². The topological polar surface area (TPSA) is 64.1 Å². The van der Waals surface area contributed by atoms with E-state index in [1.54, 1.807) is 18.3 Å². The molecule has 0 amide bonds. The molecule has 0 spiro atoms. The Morgan fingerprint density at radius 2 is 1.57 bits per heavy atom. The van der Waals surface area contributed by atoms with Gasteiger partial charge in [-0.2, -0.15) is 5.10 Å². The summed E-state index contributed by atoms with van der Waals surface area (Å²) < 4.78 is 17.5. The van der Waals surface area contributed by atoms with Crippen LogP contribution in [0.5, 0.6) is 17.2 Å². The van der Waals surface area contributed by atoms with E-state index in [1.807, 2.05) is 60.7 Å². The predicted octanol–water partition coefficient (Wildman–Crippen LogP) is 6.76. The summed E-state index contributed by atoms with van der Waals surface area (Å²) in [5, 5.41) is 8.34. The van der Waals surface area contributed by atoms with Crippen molar-refractivity contribution in [2.75, 3.05) is 19.8 Å². The maximum Gasteiger partial charge on any atom is 0.187 e. The summed E-state index contributed by atoms with van der Waals surface area (Å²) in [5.41, 5.74) is 4.68. The van der Waals surface area contributed by atoms with Gasteiger partial charge in [0.15, 0.2) is 5.11 Å². The molecule has 0 unspecified atom stereocenters. The Labute approximate surface area is 230 Å². The number of ether oxygens (including phenoxy) is 3. The molecule has 8 heteroatoms. The SMILES string of the molecule is CCCCCCOc1ccc(OCCOc2ccc(Cl)cc2/C=N/NC(=S)NCc2ccccc2)cc1. The van der Waals surface area contributed by atoms with Crippen LogP contribution in [-0.4, -0.2) is 31.1 Å². The van der Waals surface area contributed by atoms with Crippen molar-refractivity contribution in [3.8, 4) is 17.2 Å². The number of halogens is 1. The number of nitrogens with one attached hydrogen (secondary N) is 2. The molecule has 0 saturated heterocycles. The zero-order valence-corrected chi connectivity index (χ0v) is 22.7. The molecule has 196 valence electrons. The zero-order chi connectivity index (χ0) is 26.1. The van der Waals surface area contributed by atoms with Gasteiger partial charge < -0.3 is 19.5 Å². The third-order valence-electron chi connectivity index (χ3n) is 5.34. The molecule has 0 aliphatic rings. The van der Waals surface area contributed by atoms with Gasteiger partial charge in [-0.3, -0.25) is 5.43 Å². The quantitative estimate of drug-likeness (QED) is 0.0963. The standard InChI is InChI=1S/C29H34ClN3O3S/c1-2-3-4-8-17-34-26-12-14-27(15-13-26)35-18-19-36-28-16-11-25(30)20-24(28)22-32-33-29(37)31-21-23-9-6-5-7-10-23/h5-7,9-16,20,22H,2-4,8,17-19,21H2,1H3,(H2,31,33,37)/b32-22+. The number of benzene rings is 3. The molecule has 0 aromatic heterocycles. The molecule has 0 aliphatic heterocycles. The van der Waals surface area contributed by atoms with Crippen molar-refractivity contribution in [1.82, 2.24) is 10.7 Å². The fourth-order valence-electron chi connectivity index (χ4n) is 3.39. The minimum absolute atomic E-state index is 0.364. The largest absolute Gasteiger partial charge is 0.494 e. The molecule has 2 N–H and O–H groups in total. The van der Waals surface area contributed by atoms with Crippen molar-refractivity contribution >= 4 is 35.1 Å². The van der Waals surface area contributed by atoms with E-state index >= 15 is 0 Å². The number of unbranched alkanes of at least 4 members (excludes halogenated alkanes) is 3. The molecule has 0 radical (unpaired) electrons. The first kappa shape index (κ1) is 28.3. The van der Waals surface area contributed by atoms with Crippen LogP contribution in [-0.2, 0) is 6.54 Å². The van der Waals surface area contributed by atoms with Crippen molar-refractivity contribution in [2.24, 2.45) is 5.10 Å². The summed E-state index contributed by atoms with van der Waals surface area (Å²) in [6.07, 6.45) is 6.38. The first-order valence-electron chi connectivity index (χ1n) is 12.5. The normalized spacial score (nSPS) is 10.8. The average Bonchev–Trinajstić information content (AvgIpc) is 2.92. The zero-order valence-electron chi connectivity index (χ0n) is 21.1. The molecule has 0 fully saturated rings. The molecule has 0 aliphatic carbocycles. The second kappa shape index (κ2) is 16.5. The maximum absolute atomic E-state index is 6.17. The lowest BCUT2D eigenvalue weighted by molar-refractivity contribution is 0.216. The summed E-state index contributed by atoms with van der Waals surface area (Å²) in [7, 11) is 0. The molecule has 0 bridgehead atoms. The molecule has 3 aromatic rings. The predicted molar refractivity (Wildman–Crippen MR) is 155 cm³/mol. The van der Waals surface area contributed by atoms with Crippen LogP contribution in [0.2, 0.25) is 5.02 Å². The van der Waals surface area contributed by atoms with Gasteiger partial charge in [0.1, 0.15) is 30.5 Å². The van der Waals surface area contributed by atoms with E-state index in [0.29, 0.717) is 35.6 Å². The third kappa shape index (κ3) is 11.1. The van der Waals surface area contributed by atoms with Crippen LogP contribution in [0.1, 0.15) is 43.7 Å². The first-order valence-corrected chi connectivity index (χ1v) is 13.3. The Balaban J connectivity index is 1.40. The summed E-state index contributed by atoms with van der Waals surface area (Å²) in [6.45, 7) is 4.31. The highest BCUT2D eigenvalue weighted by Crippen LogP contribution is 2.22. The van der Waals surface area contributed by atoms with Gasteiger partial charge in [0.2, 0.25) is 0 Å². The molecule has 3 aromatic carbocycles. The molecule has 0 saturated carbocycles. The molecule has 0 heterocycles. The minimum Gasteiger partial charge on any atom is -0.494 e. The van der Waals surface area contributed by atoms with Crippen LogP contribution in [0.25, 0.3) is 0 Å². The van der Waals surface area contributed by atoms with E-state index in [4.69, 9.17) is 38.0 Å². The molecular weight excluding hydrogens is 506 g/mol. The fraction of sp³-hybridized carbons (Fsp3) is 0.310. The van der Waals surface area contributed by atoms with Crippen molar-refractivity contribution in [2.45, 2.75) is 39.2 Å². The monoisotopic (exact) mass is 539 g/mol. The summed E-state index contributed by atoms with van der Waals surface area (Å²) >= 11 is 11.5. The number of hydrogen-bond donors (Lipinski definition) is 2. The van der Waals surface area contributed by atoms with Gasteiger partial charge in [-0.25, -0.2) is 0 Å². The number of hydrogen-bond acceptors (Lipinski definition) is 5. The van der Waals surface area contributed by atoms with Gasteiger partial charge in [0.05, 0.1) is 12.8 Å². The number of thiocarbonyl (C=S) groups is 1. The van der Waals surface area contributed by atoms with Crippen LogP contribution in [0.15, 0.2) is 77.9 Å². The molecule has 6 nitrogen and oxygen atoms in total. The van der Waals surface area contributed by atoms with Crippen molar-refractivity contribution in [1.29, 1.82) is 0 Å². The summed E-state index contributed by atoms with van der Waals surface area (Å²) in [6, 6.07) is 23.0. The molecule has 0 atom stereocenters. The van der Waals surface area contributed by atoms with Gasteiger partial charge in [-0.1, -0.05) is 68.1 Å². The van der Waals surface area contributed by atoms with E-state index in [0.717, 1.165) is 35.7 Å². The summed E-state index contributed by atoms with van der Waals surface area (Å²) in [4.78, 5) is 0. The second-order valence-corrected chi connectivity index (χ2v) is 9.14. The third-order valence-corrected chi connectivity index (χ3v) is 5.81. The smallest absolute Gasteiger partial charge is 0.187 e. The Bertz CT molecular complexity index is 1110. The second-order valence-electron chi connectivity index (χ2n) is 8.30. The van der Waals surface area contributed by atoms with E-state index in [1.165, 1.54) is 19.3 Å².